The van der Waals surface area contributed by atoms with Crippen LogP contribution in [0.2, 0.25) is 0 Å². The number of methoxy groups -OCH3 is 1. The molecule has 0 fully saturated rings. The van der Waals surface area contributed by atoms with Gasteiger partial charge in [0.2, 0.25) is 0 Å². The summed E-state index contributed by atoms with van der Waals surface area (Å²) >= 11 is 0. The van der Waals surface area contributed by atoms with E-state index in [1.54, 1.807) is 7.11 Å². The van der Waals surface area contributed by atoms with Crippen molar-refractivity contribution in [3.05, 3.63) is 60.2 Å². The second kappa shape index (κ2) is 5.83. The van der Waals surface area contributed by atoms with Crippen LogP contribution in [-0.4, -0.2) is 11.3 Å². The van der Waals surface area contributed by atoms with Crippen LogP contribution in [0.4, 0.5) is 0 Å². The summed E-state index contributed by atoms with van der Waals surface area (Å²) in [5.74, 6) is 0.816. The molecule has 0 aromatic heterocycles. The summed E-state index contributed by atoms with van der Waals surface area (Å²) in [6.45, 7) is 1.98. The topological polar surface area (TPSA) is 26.3 Å². The Balaban J connectivity index is 2.20. The van der Waals surface area contributed by atoms with Crippen LogP contribution in [0.3, 0.4) is 0 Å². The maximum Gasteiger partial charge on any atom is 0.118 e. The molecule has 3 heteroatoms. The van der Waals surface area contributed by atoms with Gasteiger partial charge in [0.1, 0.15) is 5.75 Å². The van der Waals surface area contributed by atoms with Gasteiger partial charge in [-0.1, -0.05) is 30.3 Å². The summed E-state index contributed by atoms with van der Waals surface area (Å²) in [7, 11) is 0.611. The number of ether oxygens (including phenoxy) is 1. The average molecular weight is 260 g/mol. The molecular weight excluding hydrogens is 244 g/mol. The SMILES string of the molecule is COc1ccc([C@@H](C)[S@](=O)c2ccccc2)cc1. The standard InChI is InChI=1S/C15H16O2S/c1-12(13-8-10-14(17-2)11-9-13)18(16)15-6-4-3-5-7-15/h3-12H,1-2H3/t12-,18+/m1/s1. The third-order valence-electron chi connectivity index (χ3n) is 2.88. The van der Waals surface area contributed by atoms with E-state index in [0.29, 0.717) is 0 Å². The molecule has 0 radical (unpaired) electrons. The first kappa shape index (κ1) is 12.8. The van der Waals surface area contributed by atoms with Crippen LogP contribution < -0.4 is 4.74 Å². The molecule has 0 bridgehead atoms. The Morgan fingerprint density at radius 3 is 2.17 bits per heavy atom. The van der Waals surface area contributed by atoms with E-state index >= 15 is 0 Å². The van der Waals surface area contributed by atoms with Crippen LogP contribution >= 0.6 is 0 Å². The third kappa shape index (κ3) is 2.79. The van der Waals surface area contributed by atoms with Gasteiger partial charge in [-0.3, -0.25) is 4.21 Å². The smallest absolute Gasteiger partial charge is 0.118 e. The van der Waals surface area contributed by atoms with Gasteiger partial charge in [0, 0.05) is 4.90 Å². The normalized spacial score (nSPS) is 13.9. The van der Waals surface area contributed by atoms with Crippen LogP contribution in [0.5, 0.6) is 5.75 Å². The van der Waals surface area contributed by atoms with Gasteiger partial charge in [-0.05, 0) is 36.8 Å². The zero-order valence-electron chi connectivity index (χ0n) is 10.5. The summed E-state index contributed by atoms with van der Waals surface area (Å²) in [4.78, 5) is 0.862. The van der Waals surface area contributed by atoms with Crippen molar-refractivity contribution in [3.63, 3.8) is 0 Å². The lowest BCUT2D eigenvalue weighted by atomic mass is 10.2. The first-order valence-electron chi connectivity index (χ1n) is 5.82. The zero-order valence-corrected chi connectivity index (χ0v) is 11.3. The number of hydrogen-bond acceptors (Lipinski definition) is 2. The van der Waals surface area contributed by atoms with Crippen LogP contribution in [-0.2, 0) is 10.8 Å². The Hall–Kier alpha value is -1.61. The second-order valence-electron chi connectivity index (χ2n) is 4.03. The minimum absolute atomic E-state index is 0.0293. The van der Waals surface area contributed by atoms with Crippen molar-refractivity contribution < 1.29 is 8.95 Å². The predicted octanol–water partition coefficient (Wildman–Crippen LogP) is 3.56. The number of benzene rings is 2. The van der Waals surface area contributed by atoms with Gasteiger partial charge in [0.05, 0.1) is 23.2 Å². The van der Waals surface area contributed by atoms with Crippen molar-refractivity contribution in [2.45, 2.75) is 17.1 Å². The minimum Gasteiger partial charge on any atom is -0.497 e. The molecule has 0 unspecified atom stereocenters. The van der Waals surface area contributed by atoms with Crippen molar-refractivity contribution in [1.82, 2.24) is 0 Å². The fourth-order valence-corrected chi connectivity index (χ4v) is 3.00. The fraction of sp³-hybridized carbons (Fsp3) is 0.200. The highest BCUT2D eigenvalue weighted by Crippen LogP contribution is 2.26. The average Bonchev–Trinajstić information content (AvgIpc) is 2.47. The molecule has 18 heavy (non-hydrogen) atoms. The maximum absolute atomic E-state index is 12.4. The Morgan fingerprint density at radius 1 is 1.00 bits per heavy atom. The fourth-order valence-electron chi connectivity index (χ4n) is 1.76. The quantitative estimate of drug-likeness (QED) is 0.840. The molecule has 2 rings (SSSR count). The van der Waals surface area contributed by atoms with Crippen LogP contribution in [0.25, 0.3) is 0 Å². The van der Waals surface area contributed by atoms with Crippen LogP contribution in [0.15, 0.2) is 59.5 Å². The second-order valence-corrected chi connectivity index (χ2v) is 5.80. The Labute approximate surface area is 110 Å². The third-order valence-corrected chi connectivity index (χ3v) is 4.53. The van der Waals surface area contributed by atoms with E-state index < -0.39 is 10.8 Å². The lowest BCUT2D eigenvalue weighted by Gasteiger charge is -2.12. The Bertz CT molecular complexity index is 520. The molecule has 0 aliphatic carbocycles. The molecule has 0 aliphatic rings. The molecule has 0 heterocycles. The lowest BCUT2D eigenvalue weighted by molar-refractivity contribution is 0.414. The Morgan fingerprint density at radius 2 is 1.61 bits per heavy atom. The van der Waals surface area contributed by atoms with E-state index in [2.05, 4.69) is 0 Å². The van der Waals surface area contributed by atoms with Gasteiger partial charge in [0.25, 0.3) is 0 Å². The maximum atomic E-state index is 12.4. The minimum atomic E-state index is -1.03. The van der Waals surface area contributed by atoms with Gasteiger partial charge in [-0.25, -0.2) is 0 Å². The van der Waals surface area contributed by atoms with Gasteiger partial charge in [-0.2, -0.15) is 0 Å². The van der Waals surface area contributed by atoms with Gasteiger partial charge < -0.3 is 4.74 Å². The zero-order chi connectivity index (χ0) is 13.0. The molecule has 0 saturated heterocycles. The van der Waals surface area contributed by atoms with Gasteiger partial charge >= 0.3 is 0 Å². The van der Waals surface area contributed by atoms with Crippen LogP contribution in [0, 0.1) is 0 Å². The summed E-state index contributed by atoms with van der Waals surface area (Å²) in [6, 6.07) is 17.3. The number of rotatable bonds is 4. The van der Waals surface area contributed by atoms with E-state index in [4.69, 9.17) is 4.74 Å². The van der Waals surface area contributed by atoms with E-state index in [0.717, 1.165) is 16.2 Å². The van der Waals surface area contributed by atoms with Crippen molar-refractivity contribution in [3.8, 4) is 5.75 Å². The van der Waals surface area contributed by atoms with Gasteiger partial charge in [0.15, 0.2) is 0 Å². The molecule has 2 aromatic carbocycles. The molecule has 2 nitrogen and oxygen atoms in total. The molecule has 94 valence electrons. The number of hydrogen-bond donors (Lipinski definition) is 0. The van der Waals surface area contributed by atoms with Crippen molar-refractivity contribution in [2.24, 2.45) is 0 Å². The summed E-state index contributed by atoms with van der Waals surface area (Å²) in [6.07, 6.45) is 0. The molecule has 2 aromatic rings. The highest BCUT2D eigenvalue weighted by molar-refractivity contribution is 7.85. The first-order valence-corrected chi connectivity index (χ1v) is 7.03. The van der Waals surface area contributed by atoms with E-state index in [1.165, 1.54) is 0 Å². The molecule has 0 aliphatic heterocycles. The van der Waals surface area contributed by atoms with Gasteiger partial charge in [-0.15, -0.1) is 0 Å². The largest absolute Gasteiger partial charge is 0.497 e. The van der Waals surface area contributed by atoms with Crippen LogP contribution in [0.1, 0.15) is 17.7 Å². The molecule has 0 saturated carbocycles. The molecule has 2 atom stereocenters. The van der Waals surface area contributed by atoms with Crippen molar-refractivity contribution >= 4 is 10.8 Å². The molecular formula is C15H16O2S. The van der Waals surface area contributed by atoms with Crippen molar-refractivity contribution in [2.75, 3.05) is 7.11 Å². The first-order chi connectivity index (χ1) is 8.72. The van der Waals surface area contributed by atoms with E-state index in [9.17, 15) is 4.21 Å². The summed E-state index contributed by atoms with van der Waals surface area (Å²) in [5.41, 5.74) is 1.05. The summed E-state index contributed by atoms with van der Waals surface area (Å²) < 4.78 is 17.5. The van der Waals surface area contributed by atoms with Crippen molar-refractivity contribution in [1.29, 1.82) is 0 Å². The summed E-state index contributed by atoms with van der Waals surface area (Å²) in [5, 5.41) is -0.0293. The highest BCUT2D eigenvalue weighted by Gasteiger charge is 2.15. The predicted molar refractivity (Wildman–Crippen MR) is 74.3 cm³/mol. The monoisotopic (exact) mass is 260 g/mol. The lowest BCUT2D eigenvalue weighted by Crippen LogP contribution is -2.03. The molecule has 0 amide bonds. The molecule has 0 spiro atoms. The molecule has 0 N–H and O–H groups in total. The van der Waals surface area contributed by atoms with E-state index in [1.807, 2.05) is 61.5 Å². The highest BCUT2D eigenvalue weighted by atomic mass is 32.2. The van der Waals surface area contributed by atoms with E-state index in [-0.39, 0.29) is 5.25 Å². The Kier molecular flexibility index (Phi) is 4.15.